The molecule has 9 heteroatoms. The molecule has 1 aliphatic carbocycles. The predicted octanol–water partition coefficient (Wildman–Crippen LogP) is 3.36. The molecule has 0 radical (unpaired) electrons. The number of aromatic nitrogens is 2. The fourth-order valence-electron chi connectivity index (χ4n) is 4.06. The molecular weight excluding hydrogens is 422 g/mol. The number of nitrogens with one attached hydrogen (secondary N) is 1. The topological polar surface area (TPSA) is 78.4 Å². The molecule has 1 aromatic heterocycles. The zero-order valence-corrected chi connectivity index (χ0v) is 19.6. The lowest BCUT2D eigenvalue weighted by atomic mass is 10.0. The van der Waals surface area contributed by atoms with Crippen LogP contribution in [0.2, 0.25) is 5.15 Å². The Balaban J connectivity index is 1.59. The van der Waals surface area contributed by atoms with Gasteiger partial charge in [-0.05, 0) is 33.1 Å². The highest BCUT2D eigenvalue weighted by Crippen LogP contribution is 2.29. The first kappa shape index (κ1) is 23.1. The molecule has 0 aromatic carbocycles. The van der Waals surface area contributed by atoms with Crippen LogP contribution in [0.3, 0.4) is 0 Å². The second-order valence-corrected chi connectivity index (χ2v) is 9.63. The van der Waals surface area contributed by atoms with Crippen molar-refractivity contribution in [2.45, 2.75) is 70.1 Å². The van der Waals surface area contributed by atoms with E-state index in [2.05, 4.69) is 27.1 Å². The van der Waals surface area contributed by atoms with Crippen LogP contribution < -0.4 is 10.2 Å². The van der Waals surface area contributed by atoms with Crippen molar-refractivity contribution in [3.05, 3.63) is 11.2 Å². The maximum absolute atomic E-state index is 12.8. The van der Waals surface area contributed by atoms with Crippen molar-refractivity contribution in [1.29, 1.82) is 0 Å². The number of rotatable bonds is 7. The van der Waals surface area contributed by atoms with Crippen LogP contribution in [0.15, 0.2) is 11.2 Å². The molecule has 2 unspecified atom stereocenters. The second-order valence-electron chi connectivity index (χ2n) is 8.30. The van der Waals surface area contributed by atoms with Gasteiger partial charge < -0.3 is 15.1 Å². The number of anilines is 1. The molecule has 3 rings (SSSR count). The first-order valence-corrected chi connectivity index (χ1v) is 12.3. The molecule has 2 atom stereocenters. The summed E-state index contributed by atoms with van der Waals surface area (Å²) < 4.78 is 0. The maximum Gasteiger partial charge on any atom is 0.230 e. The predicted molar refractivity (Wildman–Crippen MR) is 121 cm³/mol. The number of amides is 2. The zero-order chi connectivity index (χ0) is 21.7. The number of thioether (sulfide) groups is 1. The first-order chi connectivity index (χ1) is 14.4. The molecule has 0 spiro atoms. The highest BCUT2D eigenvalue weighted by molar-refractivity contribution is 7.99. The van der Waals surface area contributed by atoms with Gasteiger partial charge >= 0.3 is 0 Å². The average molecular weight is 454 g/mol. The summed E-state index contributed by atoms with van der Waals surface area (Å²) in [6, 6.07) is 2.03. The molecule has 2 aliphatic rings. The van der Waals surface area contributed by atoms with E-state index in [4.69, 9.17) is 11.6 Å². The summed E-state index contributed by atoms with van der Waals surface area (Å²) in [7, 11) is 0. The van der Waals surface area contributed by atoms with Crippen molar-refractivity contribution in [2.24, 2.45) is 5.92 Å². The highest BCUT2D eigenvalue weighted by atomic mass is 35.5. The molecule has 1 saturated carbocycles. The standard InChI is InChI=1S/C21H32ClN5O2S/c1-4-14(2)23-19(28)13-30-21-24-17(22)11-18(25-21)26-9-10-27(15(3)12-26)20(29)16-7-5-6-8-16/h11,14-16H,4-10,12-13H2,1-3H3,(H,23,28). The second kappa shape index (κ2) is 10.7. The van der Waals surface area contributed by atoms with Gasteiger partial charge in [0.05, 0.1) is 5.75 Å². The summed E-state index contributed by atoms with van der Waals surface area (Å²) >= 11 is 7.52. The fraction of sp³-hybridized carbons (Fsp3) is 0.714. The SMILES string of the molecule is CCC(C)NC(=O)CSc1nc(Cl)cc(N2CCN(C(=O)C3CCCC3)C(C)C2)n1. The van der Waals surface area contributed by atoms with Gasteiger partial charge in [0.1, 0.15) is 11.0 Å². The van der Waals surface area contributed by atoms with Gasteiger partial charge in [-0.1, -0.05) is 43.1 Å². The molecule has 1 saturated heterocycles. The largest absolute Gasteiger partial charge is 0.353 e. The van der Waals surface area contributed by atoms with E-state index in [-0.39, 0.29) is 29.7 Å². The van der Waals surface area contributed by atoms with E-state index in [1.165, 1.54) is 24.6 Å². The van der Waals surface area contributed by atoms with Crippen LogP contribution in [0.4, 0.5) is 5.82 Å². The van der Waals surface area contributed by atoms with Crippen molar-refractivity contribution in [2.75, 3.05) is 30.3 Å². The quantitative estimate of drug-likeness (QED) is 0.387. The Morgan fingerprint density at radius 1 is 1.30 bits per heavy atom. The molecule has 1 aliphatic heterocycles. The number of hydrogen-bond acceptors (Lipinski definition) is 6. The minimum absolute atomic E-state index is 0.0351. The average Bonchev–Trinajstić information content (AvgIpc) is 3.26. The lowest BCUT2D eigenvalue weighted by Crippen LogP contribution is -2.55. The number of carbonyl (C=O) groups excluding carboxylic acids is 2. The molecule has 2 amide bonds. The first-order valence-electron chi connectivity index (χ1n) is 10.9. The molecule has 2 fully saturated rings. The van der Waals surface area contributed by atoms with Crippen LogP contribution in [-0.2, 0) is 9.59 Å². The smallest absolute Gasteiger partial charge is 0.230 e. The summed E-state index contributed by atoms with van der Waals surface area (Å²) in [5.41, 5.74) is 0. The minimum atomic E-state index is -0.0351. The molecule has 7 nitrogen and oxygen atoms in total. The molecule has 166 valence electrons. The Bertz CT molecular complexity index is 759. The van der Waals surface area contributed by atoms with Gasteiger partial charge in [0.2, 0.25) is 11.8 Å². The third kappa shape index (κ3) is 6.00. The van der Waals surface area contributed by atoms with Crippen LogP contribution in [0.1, 0.15) is 52.9 Å². The van der Waals surface area contributed by atoms with Gasteiger partial charge in [0, 0.05) is 43.7 Å². The lowest BCUT2D eigenvalue weighted by molar-refractivity contribution is -0.137. The zero-order valence-electron chi connectivity index (χ0n) is 18.1. The summed E-state index contributed by atoms with van der Waals surface area (Å²) in [5.74, 6) is 1.48. The van der Waals surface area contributed by atoms with Gasteiger partial charge in [-0.2, -0.15) is 0 Å². The Kier molecular flexibility index (Phi) is 8.22. The van der Waals surface area contributed by atoms with Crippen molar-refractivity contribution < 1.29 is 9.59 Å². The van der Waals surface area contributed by atoms with Crippen LogP contribution in [0, 0.1) is 5.92 Å². The Hall–Kier alpha value is -1.54. The number of halogens is 1. The summed E-state index contributed by atoms with van der Waals surface area (Å²) in [5, 5.41) is 3.80. The minimum Gasteiger partial charge on any atom is -0.353 e. The number of nitrogens with zero attached hydrogens (tertiary/aromatic N) is 4. The number of carbonyl (C=O) groups is 2. The van der Waals surface area contributed by atoms with Crippen LogP contribution in [-0.4, -0.2) is 64.2 Å². The summed E-state index contributed by atoms with van der Waals surface area (Å²) in [6.45, 7) is 8.23. The van der Waals surface area contributed by atoms with Crippen molar-refractivity contribution in [1.82, 2.24) is 20.2 Å². The van der Waals surface area contributed by atoms with E-state index >= 15 is 0 Å². The van der Waals surface area contributed by atoms with E-state index in [1.807, 2.05) is 18.7 Å². The van der Waals surface area contributed by atoms with E-state index in [0.717, 1.165) is 31.6 Å². The van der Waals surface area contributed by atoms with Crippen molar-refractivity contribution in [3.8, 4) is 0 Å². The summed E-state index contributed by atoms with van der Waals surface area (Å²) in [4.78, 5) is 37.9. The van der Waals surface area contributed by atoms with Gasteiger partial charge in [-0.3, -0.25) is 9.59 Å². The lowest BCUT2D eigenvalue weighted by Gasteiger charge is -2.41. The van der Waals surface area contributed by atoms with Gasteiger partial charge in [-0.25, -0.2) is 9.97 Å². The van der Waals surface area contributed by atoms with E-state index in [1.54, 1.807) is 6.07 Å². The van der Waals surface area contributed by atoms with Gasteiger partial charge in [0.15, 0.2) is 5.16 Å². The van der Waals surface area contributed by atoms with Gasteiger partial charge in [-0.15, -0.1) is 0 Å². The number of hydrogen-bond donors (Lipinski definition) is 1. The van der Waals surface area contributed by atoms with Crippen molar-refractivity contribution in [3.63, 3.8) is 0 Å². The van der Waals surface area contributed by atoms with E-state index in [9.17, 15) is 9.59 Å². The monoisotopic (exact) mass is 453 g/mol. The molecule has 2 heterocycles. The number of piperazine rings is 1. The van der Waals surface area contributed by atoms with Crippen molar-refractivity contribution >= 4 is 41.0 Å². The molecule has 1 aromatic rings. The van der Waals surface area contributed by atoms with Crippen LogP contribution in [0.5, 0.6) is 0 Å². The molecule has 30 heavy (non-hydrogen) atoms. The van der Waals surface area contributed by atoms with E-state index < -0.39 is 0 Å². The van der Waals surface area contributed by atoms with Crippen LogP contribution in [0.25, 0.3) is 0 Å². The van der Waals surface area contributed by atoms with Gasteiger partial charge in [0.25, 0.3) is 0 Å². The van der Waals surface area contributed by atoms with E-state index in [0.29, 0.717) is 29.3 Å². The normalized spacial score (nSPS) is 21.0. The molecule has 1 N–H and O–H groups in total. The Morgan fingerprint density at radius 2 is 2.03 bits per heavy atom. The third-order valence-electron chi connectivity index (χ3n) is 5.95. The third-order valence-corrected chi connectivity index (χ3v) is 6.99. The Morgan fingerprint density at radius 3 is 2.70 bits per heavy atom. The fourth-order valence-corrected chi connectivity index (χ4v) is 4.95. The molecule has 0 bridgehead atoms. The maximum atomic E-state index is 12.8. The Labute approximate surface area is 188 Å². The molecular formula is C21H32ClN5O2S. The highest BCUT2D eigenvalue weighted by Gasteiger charge is 2.33. The summed E-state index contributed by atoms with van der Waals surface area (Å²) in [6.07, 6.45) is 5.28. The van der Waals surface area contributed by atoms with Crippen LogP contribution >= 0.6 is 23.4 Å².